The summed E-state index contributed by atoms with van der Waals surface area (Å²) in [6.45, 7) is 9.91. The number of aliphatic hydroxyl groups excluding tert-OH is 3. The van der Waals surface area contributed by atoms with Gasteiger partial charge in [-0.05, 0) is 79.6 Å². The fourth-order valence-corrected chi connectivity index (χ4v) is 15.5. The van der Waals surface area contributed by atoms with Gasteiger partial charge in [-0.1, -0.05) is 81.6 Å². The second-order valence-electron chi connectivity index (χ2n) is 27.9. The summed E-state index contributed by atoms with van der Waals surface area (Å²) in [5.74, 6) is -88.6. The number of nitrogens with zero attached hydrogens (tertiary/aromatic N) is 2. The van der Waals surface area contributed by atoms with Gasteiger partial charge in [0.1, 0.15) is 12.2 Å². The second kappa shape index (κ2) is 47.3. The van der Waals surface area contributed by atoms with Crippen molar-refractivity contribution in [2.45, 2.75) is 284 Å². The van der Waals surface area contributed by atoms with E-state index in [1.807, 2.05) is 27.7 Å². The number of carbonyl (C=O) groups excluding carboxylic acids is 2. The number of esters is 2. The largest absolute Gasteiger partial charge is 0.490 e. The Morgan fingerprint density at radius 1 is 0.355 bits per heavy atom. The molecule has 0 bridgehead atoms. The molecule has 0 heterocycles. The first-order valence-corrected chi connectivity index (χ1v) is 38.4. The number of nitro groups is 2. The van der Waals surface area contributed by atoms with Crippen molar-refractivity contribution in [2.75, 3.05) is 54.9 Å². The zero-order chi connectivity index (χ0) is 98.8. The van der Waals surface area contributed by atoms with E-state index in [2.05, 4.69) is 0 Å². The molecule has 0 saturated heterocycles. The number of benzene rings is 2. The van der Waals surface area contributed by atoms with Crippen LogP contribution in [-0.4, -0.2) is 196 Å². The molecule has 0 saturated carbocycles. The molecule has 2 atom stereocenters. The van der Waals surface area contributed by atoms with E-state index in [0.29, 0.717) is 56.0 Å². The number of alkyl halides is 36. The first-order chi connectivity index (χ1) is 55.9. The molecule has 0 aliphatic carbocycles. The lowest BCUT2D eigenvalue weighted by molar-refractivity contribution is -0.396. The number of unbranched alkanes of at least 4 members (excludes halogenated alkanes) is 3. The van der Waals surface area contributed by atoms with Gasteiger partial charge in [0.05, 0.1) is 59.5 Å². The molecule has 0 radical (unpaired) electrons. The van der Waals surface area contributed by atoms with Crippen LogP contribution in [0.1, 0.15) is 182 Å². The highest BCUT2D eigenvalue weighted by molar-refractivity contribution is 6.76. The van der Waals surface area contributed by atoms with Gasteiger partial charge in [0.15, 0.2) is 31.3 Å². The predicted molar refractivity (Wildman–Crippen MR) is 366 cm³/mol. The molecule has 55 heteroatoms. The Kier molecular flexibility index (Phi) is 46.2. The Bertz CT molecular complexity index is 3570. The molecule has 0 fully saturated rings. The second-order valence-corrected chi connectivity index (χ2v) is 33.0. The number of hydrogen-bond acceptors (Lipinski definition) is 16. The Balaban J connectivity index is -0.00000224. The summed E-state index contributed by atoms with van der Waals surface area (Å²) in [6.07, 6.45) is -45.5. The molecule has 2 aromatic rings. The van der Waals surface area contributed by atoms with E-state index in [4.69, 9.17) is 48.2 Å². The zero-order valence-corrected chi connectivity index (χ0v) is 68.6. The molecule has 2 unspecified atom stereocenters. The number of aliphatic hydroxyl groups is 3. The van der Waals surface area contributed by atoms with E-state index in [0.717, 1.165) is 21.3 Å². The molecule has 0 amide bonds. The highest BCUT2D eigenvalue weighted by Gasteiger charge is 2.84. The van der Waals surface area contributed by atoms with Crippen LogP contribution in [0.3, 0.4) is 0 Å². The minimum Gasteiger partial charge on any atom is -0.490 e. The van der Waals surface area contributed by atoms with Gasteiger partial charge in [-0.25, -0.2) is 0 Å². The van der Waals surface area contributed by atoms with Gasteiger partial charge in [-0.15, -0.1) is 0 Å². The predicted octanol–water partition coefficient (Wildman–Crippen LogP) is 24.2. The van der Waals surface area contributed by atoms with Gasteiger partial charge < -0.3 is 48.2 Å². The van der Waals surface area contributed by atoms with Crippen molar-refractivity contribution in [3.8, 4) is 23.0 Å². The highest BCUT2D eigenvalue weighted by atomic mass is 28.4. The van der Waals surface area contributed by atoms with Crippen LogP contribution in [0.5, 0.6) is 23.0 Å². The summed E-state index contributed by atoms with van der Waals surface area (Å²) in [7, 11) is 2.32. The summed E-state index contributed by atoms with van der Waals surface area (Å²) in [4.78, 5) is 47.4. The number of halogens is 36. The van der Waals surface area contributed by atoms with Crippen LogP contribution in [-0.2, 0) is 23.5 Å². The highest BCUT2D eigenvalue weighted by Crippen LogP contribution is 2.59. The van der Waals surface area contributed by atoms with Crippen molar-refractivity contribution in [1.29, 1.82) is 0 Å². The lowest BCUT2D eigenvalue weighted by Gasteiger charge is -2.37. The average Bonchev–Trinajstić information content (AvgIpc) is 0.756. The van der Waals surface area contributed by atoms with Crippen LogP contribution < -0.4 is 18.9 Å². The lowest BCUT2D eigenvalue weighted by atomic mass is 9.96. The molecule has 0 aliphatic heterocycles. The van der Waals surface area contributed by atoms with Gasteiger partial charge in [0.2, 0.25) is 0 Å². The fourth-order valence-electron chi connectivity index (χ4n) is 11.0. The smallest absolute Gasteiger partial charge is 0.460 e. The molecule has 730 valence electrons. The van der Waals surface area contributed by atoms with Crippen molar-refractivity contribution < 1.29 is 226 Å². The van der Waals surface area contributed by atoms with Gasteiger partial charge in [0, 0.05) is 67.0 Å². The monoisotopic (exact) mass is 1920 g/mol. The van der Waals surface area contributed by atoms with Gasteiger partial charge >= 0.3 is 108 Å². The van der Waals surface area contributed by atoms with Crippen LogP contribution in [0.15, 0.2) is 24.3 Å². The van der Waals surface area contributed by atoms with Crippen molar-refractivity contribution in [1.82, 2.24) is 0 Å². The molecule has 2 rings (SSSR count). The normalized spacial score (nSPS) is 14.1. The third kappa shape index (κ3) is 29.5. The van der Waals surface area contributed by atoms with Crippen LogP contribution in [0.4, 0.5) is 169 Å². The summed E-state index contributed by atoms with van der Waals surface area (Å²) >= 11 is 0. The molecule has 0 aliphatic rings. The van der Waals surface area contributed by atoms with E-state index in [-0.39, 0.29) is 30.3 Å². The summed E-state index contributed by atoms with van der Waals surface area (Å²) in [6, 6.07) is 2.66. The molecule has 3 N–H and O–H groups in total. The third-order valence-electron chi connectivity index (χ3n) is 17.8. The van der Waals surface area contributed by atoms with E-state index in [9.17, 15) is 188 Å². The lowest BCUT2D eigenvalue weighted by Crippen LogP contribution is -2.60. The molecule has 0 spiro atoms. The number of carbonyl (C=O) groups is 2. The van der Waals surface area contributed by atoms with Crippen molar-refractivity contribution >= 4 is 31.6 Å². The molecular weight excluding hydrogens is 1820 g/mol. The molecular formula is C69H92F36N2O16Si. The quantitative estimate of drug-likeness (QED) is 0.0139. The number of ether oxygens (including phenoxy) is 6. The van der Waals surface area contributed by atoms with Crippen LogP contribution in [0.2, 0.25) is 17.1 Å². The van der Waals surface area contributed by atoms with Gasteiger partial charge in [-0.2, -0.15) is 158 Å². The Morgan fingerprint density at radius 2 is 0.573 bits per heavy atom. The third-order valence-corrected chi connectivity index (χ3v) is 23.7. The minimum atomic E-state index is -7.24. The van der Waals surface area contributed by atoms with E-state index >= 15 is 0 Å². The van der Waals surface area contributed by atoms with E-state index in [1.54, 1.807) is 14.0 Å². The van der Waals surface area contributed by atoms with Crippen molar-refractivity contribution in [3.63, 3.8) is 0 Å². The maximum absolute atomic E-state index is 14.2. The summed E-state index contributed by atoms with van der Waals surface area (Å²) in [5, 5.41) is 45.2. The zero-order valence-electron chi connectivity index (χ0n) is 67.6. The van der Waals surface area contributed by atoms with Crippen LogP contribution >= 0.6 is 0 Å². The maximum Gasteiger partial charge on any atom is 0.460 e. The van der Waals surface area contributed by atoms with Crippen LogP contribution in [0, 0.1) is 32.1 Å². The van der Waals surface area contributed by atoms with E-state index in [1.165, 1.54) is 27.7 Å². The number of nitro benzene ring substituents is 2. The molecule has 0 aromatic heterocycles. The Labute approximate surface area is 685 Å². The first kappa shape index (κ1) is 121. The SMILES string of the molecule is CCCCCC(=O)OC(c1cc(OCCCC(F)(F)C(F)(F)C(F)(F)C(F)(F)F)c(OCCCC(F)(F)C(F)(F)C(F)(F)C(F)(F)F)cc1[N+](=O)[O-])C(C)C.CO.CO.CO.CO[Si](CCCCC(=O)OC(c1cc(OCCCC(F)(F)C(F)(F)C(F)(F)C(F)(F)F)c(OCCCC(F)(F)C(F)(F)C(F)(F)C(F)(F)F)cc1[N+](=O)[O-])C(C)C)(C(C)C)C(C)C. The van der Waals surface area contributed by atoms with Gasteiger partial charge in [-0.3, -0.25) is 29.8 Å². The fraction of sp³-hybridized carbons (Fsp3) is 0.797. The standard InChI is InChI=1S/C36H47F18NO7Si.C30H33F18NO6.3CH4O/c1-20(2)28(62-27(56)12-8-9-17-63(59-7,21(3)4)22(5)6)23-18-25(60-15-10-13-29(37,38)31(41,42)33(45,46)35(49,50)51)26(19-24(23)55(57)58)61-16-11-14-30(39,40)32(43,44)34(47,48)36(52,53)54;1-4-5-6-9-21(50)55-22(16(2)3)17-14-19(53-12-7-10-23(31,32)25(35,36)27(39,40)29(43,44)45)20(15-18(17)49(51)52)54-13-8-11-24(33,34)26(37,38)28(41,42)30(46,47)48;3*1-2/h18-22,28H,8-17H2,1-7H3;14-16,22H,4-13H2,1-3H3;3*2H,1H3. The molecule has 124 heavy (non-hydrogen) atoms. The minimum absolute atomic E-state index is 0.194. The van der Waals surface area contributed by atoms with Gasteiger partial charge in [0.25, 0.3) is 11.4 Å². The Morgan fingerprint density at radius 3 is 0.758 bits per heavy atom. The Hall–Kier alpha value is -7.08. The number of hydrogen-bond donors (Lipinski definition) is 3. The van der Waals surface area contributed by atoms with Crippen molar-refractivity contribution in [3.05, 3.63) is 55.6 Å². The first-order valence-electron chi connectivity index (χ1n) is 36.1. The molecule has 18 nitrogen and oxygen atoms in total. The summed E-state index contributed by atoms with van der Waals surface area (Å²) < 4.78 is 515. The average molecular weight is 1920 g/mol. The van der Waals surface area contributed by atoms with Crippen molar-refractivity contribution in [2.24, 2.45) is 11.8 Å². The number of rotatable bonds is 48. The topological polar surface area (TPSA) is 246 Å². The van der Waals surface area contributed by atoms with Crippen LogP contribution in [0.25, 0.3) is 0 Å². The maximum atomic E-state index is 14.2. The van der Waals surface area contributed by atoms with E-state index < -0.39 is 273 Å². The summed E-state index contributed by atoms with van der Waals surface area (Å²) in [5.41, 5.74) is -2.79. The molecule has 2 aromatic carbocycles.